The first-order valence-corrected chi connectivity index (χ1v) is 12.6. The maximum atomic E-state index is 13.6. The van der Waals surface area contributed by atoms with Crippen molar-refractivity contribution in [3.05, 3.63) is 36.0 Å². The van der Waals surface area contributed by atoms with Crippen molar-refractivity contribution in [1.29, 1.82) is 0 Å². The topological polar surface area (TPSA) is 125 Å². The maximum Gasteiger partial charge on any atom is 0.253 e. The number of nitrogens with two attached hydrogens (primary N) is 1. The second-order valence-corrected chi connectivity index (χ2v) is 11.3. The molecule has 2 aliphatic rings. The molecule has 1 amide bonds. The molecule has 0 saturated carbocycles. The van der Waals surface area contributed by atoms with Crippen LogP contribution in [0.3, 0.4) is 0 Å². The summed E-state index contributed by atoms with van der Waals surface area (Å²) in [5.41, 5.74) is 5.29. The van der Waals surface area contributed by atoms with Crippen molar-refractivity contribution in [3.63, 3.8) is 0 Å². The number of primary amides is 1. The zero-order valence-electron chi connectivity index (χ0n) is 19.2. The highest BCUT2D eigenvalue weighted by molar-refractivity contribution is 7.91. The van der Waals surface area contributed by atoms with Gasteiger partial charge in [0.1, 0.15) is 11.4 Å². The highest BCUT2D eigenvalue weighted by Gasteiger charge is 2.40. The molecular weight excluding hydrogens is 444 g/mol. The number of hydrogen-bond donors (Lipinski definition) is 1. The van der Waals surface area contributed by atoms with E-state index in [0.29, 0.717) is 32.3 Å². The second-order valence-electron chi connectivity index (χ2n) is 9.46. The molecular formula is C23H30N4O5S. The van der Waals surface area contributed by atoms with Crippen LogP contribution in [0.2, 0.25) is 0 Å². The molecule has 0 aromatic carbocycles. The molecule has 2 N–H and O–H groups in total. The van der Waals surface area contributed by atoms with Gasteiger partial charge in [-0.1, -0.05) is 13.0 Å². The lowest BCUT2D eigenvalue weighted by molar-refractivity contribution is 0.0997. The monoisotopic (exact) mass is 474 g/mol. The number of amides is 1. The molecule has 10 heteroatoms. The first-order valence-electron chi connectivity index (χ1n) is 11.1. The first kappa shape index (κ1) is 23.4. The number of hydrogen-bond acceptors (Lipinski definition) is 8. The number of carbonyl (C=O) groups is 1. The number of carbonyl (C=O) groups excluding carboxylic acids is 1. The Labute approximate surface area is 194 Å². The molecule has 2 saturated heterocycles. The van der Waals surface area contributed by atoms with Gasteiger partial charge >= 0.3 is 0 Å². The average Bonchev–Trinajstić information content (AvgIpc) is 3.38. The molecule has 9 nitrogen and oxygen atoms in total. The third-order valence-corrected chi connectivity index (χ3v) is 7.92. The van der Waals surface area contributed by atoms with E-state index in [1.54, 1.807) is 12.1 Å². The minimum atomic E-state index is -4.16. The van der Waals surface area contributed by atoms with E-state index >= 15 is 0 Å². The smallest absolute Gasteiger partial charge is 0.253 e. The van der Waals surface area contributed by atoms with Crippen molar-refractivity contribution in [2.45, 2.75) is 49.1 Å². The lowest BCUT2D eigenvalue weighted by Gasteiger charge is -2.33. The Balaban J connectivity index is 1.71. The summed E-state index contributed by atoms with van der Waals surface area (Å²) in [5, 5.41) is -0.212. The number of pyridine rings is 2. The molecule has 2 aromatic rings. The fraction of sp³-hybridized carbons (Fsp3) is 0.522. The quantitative estimate of drug-likeness (QED) is 0.649. The van der Waals surface area contributed by atoms with E-state index in [4.69, 9.17) is 15.2 Å². The summed E-state index contributed by atoms with van der Waals surface area (Å²) >= 11 is 0. The van der Waals surface area contributed by atoms with Gasteiger partial charge in [-0.3, -0.25) is 4.79 Å². The molecule has 0 bridgehead atoms. The normalized spacial score (nSPS) is 22.5. The number of rotatable bonds is 7. The molecule has 0 spiro atoms. The fourth-order valence-corrected chi connectivity index (χ4v) is 6.10. The predicted molar refractivity (Wildman–Crippen MR) is 122 cm³/mol. The van der Waals surface area contributed by atoms with Crippen LogP contribution in [0.15, 0.2) is 40.4 Å². The van der Waals surface area contributed by atoms with E-state index in [1.807, 2.05) is 18.7 Å². The predicted octanol–water partition coefficient (Wildman–Crippen LogP) is 2.45. The lowest BCUT2D eigenvalue weighted by Crippen LogP contribution is -2.40. The highest BCUT2D eigenvalue weighted by atomic mass is 32.2. The molecule has 4 rings (SSSR count). The van der Waals surface area contributed by atoms with Gasteiger partial charge in [0.15, 0.2) is 5.03 Å². The summed E-state index contributed by atoms with van der Waals surface area (Å²) in [7, 11) is -4.16. The summed E-state index contributed by atoms with van der Waals surface area (Å²) in [6.07, 6.45) is 3.18. The first-order chi connectivity index (χ1) is 15.6. The number of ether oxygens (including phenoxy) is 2. The van der Waals surface area contributed by atoms with E-state index in [-0.39, 0.29) is 38.6 Å². The van der Waals surface area contributed by atoms with Crippen LogP contribution in [0.5, 0.6) is 5.88 Å². The lowest BCUT2D eigenvalue weighted by atomic mass is 9.97. The Bertz CT molecular complexity index is 1150. The maximum absolute atomic E-state index is 13.6. The third kappa shape index (κ3) is 4.67. The van der Waals surface area contributed by atoms with Crippen LogP contribution < -0.4 is 15.4 Å². The van der Waals surface area contributed by atoms with Crippen molar-refractivity contribution in [2.75, 3.05) is 31.3 Å². The minimum absolute atomic E-state index is 0.115. The van der Waals surface area contributed by atoms with Crippen LogP contribution in [0, 0.1) is 11.8 Å². The van der Waals surface area contributed by atoms with Crippen LogP contribution in [-0.2, 0) is 14.6 Å². The molecule has 0 radical (unpaired) electrons. The second kappa shape index (κ2) is 8.90. The molecule has 2 aliphatic heterocycles. The number of anilines is 1. The standard InChI is InChI=1S/C23H30N4O5S/c1-15-11-23(2,3)27(12-15)22-20(21(24)28)17(7-9-25-22)33(29,30)19-6-4-5-18(26-19)32-14-16-8-10-31-13-16/h4-7,9,15-16H,8,10-14H2,1-3H3,(H2,24,28). The van der Waals surface area contributed by atoms with Crippen LogP contribution in [0.1, 0.15) is 44.0 Å². The molecule has 4 heterocycles. The van der Waals surface area contributed by atoms with E-state index in [1.165, 1.54) is 18.3 Å². The van der Waals surface area contributed by atoms with Gasteiger partial charge in [0.05, 0.1) is 18.1 Å². The Hall–Kier alpha value is -2.72. The molecule has 178 valence electrons. The van der Waals surface area contributed by atoms with E-state index in [9.17, 15) is 13.2 Å². The van der Waals surface area contributed by atoms with E-state index < -0.39 is 15.7 Å². The van der Waals surface area contributed by atoms with E-state index in [2.05, 4.69) is 16.9 Å². The van der Waals surface area contributed by atoms with Crippen LogP contribution >= 0.6 is 0 Å². The minimum Gasteiger partial charge on any atom is -0.477 e. The average molecular weight is 475 g/mol. The Kier molecular flexibility index (Phi) is 6.32. The fourth-order valence-electron chi connectivity index (χ4n) is 4.71. The van der Waals surface area contributed by atoms with Gasteiger partial charge in [0.2, 0.25) is 15.7 Å². The number of nitrogens with zero attached hydrogens (tertiary/aromatic N) is 3. The zero-order valence-corrected chi connectivity index (χ0v) is 20.0. The number of aromatic nitrogens is 2. The van der Waals surface area contributed by atoms with Gasteiger partial charge < -0.3 is 20.1 Å². The molecule has 33 heavy (non-hydrogen) atoms. The Morgan fingerprint density at radius 2 is 2.12 bits per heavy atom. The summed E-state index contributed by atoms with van der Waals surface area (Å²) in [6, 6.07) is 5.86. The van der Waals surface area contributed by atoms with Crippen LogP contribution in [0.4, 0.5) is 5.82 Å². The third-order valence-electron chi connectivity index (χ3n) is 6.22. The van der Waals surface area contributed by atoms with Crippen molar-refractivity contribution >= 4 is 21.6 Å². The van der Waals surface area contributed by atoms with Crippen molar-refractivity contribution < 1.29 is 22.7 Å². The molecule has 2 aromatic heterocycles. The van der Waals surface area contributed by atoms with E-state index in [0.717, 1.165) is 12.8 Å². The van der Waals surface area contributed by atoms with Gasteiger partial charge in [0, 0.05) is 36.9 Å². The largest absolute Gasteiger partial charge is 0.477 e. The number of sulfone groups is 1. The zero-order chi connectivity index (χ0) is 23.8. The van der Waals surface area contributed by atoms with Crippen LogP contribution in [-0.4, -0.2) is 56.2 Å². The summed E-state index contributed by atoms with van der Waals surface area (Å²) in [5.74, 6) is 0.255. The Morgan fingerprint density at radius 3 is 2.76 bits per heavy atom. The summed E-state index contributed by atoms with van der Waals surface area (Å²) < 4.78 is 38.2. The molecule has 2 unspecified atom stereocenters. The molecule has 2 fully saturated rings. The SMILES string of the molecule is CC1CN(c2nccc(S(=O)(=O)c3cccc(OCC4CCOC4)n3)c2C(N)=O)C(C)(C)C1. The molecule has 2 atom stereocenters. The van der Waals surface area contributed by atoms with Crippen molar-refractivity contribution in [3.8, 4) is 5.88 Å². The molecule has 0 aliphatic carbocycles. The van der Waals surface area contributed by atoms with Gasteiger partial charge in [-0.2, -0.15) is 0 Å². The Morgan fingerprint density at radius 1 is 1.33 bits per heavy atom. The highest BCUT2D eigenvalue weighted by Crippen LogP contribution is 2.39. The summed E-state index contributed by atoms with van der Waals surface area (Å²) in [6.45, 7) is 8.55. The van der Waals surface area contributed by atoms with Crippen molar-refractivity contribution in [2.24, 2.45) is 17.6 Å². The van der Waals surface area contributed by atoms with Gasteiger partial charge in [-0.15, -0.1) is 0 Å². The van der Waals surface area contributed by atoms with Gasteiger partial charge in [-0.05, 0) is 44.7 Å². The summed E-state index contributed by atoms with van der Waals surface area (Å²) in [4.78, 5) is 22.9. The van der Waals surface area contributed by atoms with Crippen molar-refractivity contribution in [1.82, 2.24) is 9.97 Å². The van der Waals surface area contributed by atoms with Gasteiger partial charge in [0.25, 0.3) is 5.91 Å². The van der Waals surface area contributed by atoms with Crippen LogP contribution in [0.25, 0.3) is 0 Å². The van der Waals surface area contributed by atoms with Gasteiger partial charge in [-0.25, -0.2) is 18.4 Å².